The number of ether oxygens (including phenoxy) is 1. The van der Waals surface area contributed by atoms with Crippen LogP contribution in [-0.2, 0) is 26.6 Å². The highest BCUT2D eigenvalue weighted by Gasteiger charge is 2.20. The first-order valence-corrected chi connectivity index (χ1v) is 8.87. The van der Waals surface area contributed by atoms with Crippen molar-refractivity contribution in [1.82, 2.24) is 14.5 Å². The summed E-state index contributed by atoms with van der Waals surface area (Å²) < 4.78 is 6.82. The second-order valence-electron chi connectivity index (χ2n) is 5.24. The molecule has 1 aromatic carbocycles. The van der Waals surface area contributed by atoms with Gasteiger partial charge in [0.2, 0.25) is 5.91 Å². The first-order chi connectivity index (χ1) is 11.6. The van der Waals surface area contributed by atoms with Gasteiger partial charge in [-0.15, -0.1) is 0 Å². The number of aliphatic carboxylic acids is 1. The van der Waals surface area contributed by atoms with E-state index in [0.29, 0.717) is 12.4 Å². The van der Waals surface area contributed by atoms with Gasteiger partial charge in [0.1, 0.15) is 18.9 Å². The molecule has 0 saturated heterocycles. The molecule has 0 radical (unpaired) electrons. The number of imidazole rings is 1. The van der Waals surface area contributed by atoms with Crippen molar-refractivity contribution in [3.63, 3.8) is 0 Å². The summed E-state index contributed by atoms with van der Waals surface area (Å²) in [5.74, 6) is 0.178. The van der Waals surface area contributed by atoms with E-state index in [-0.39, 0.29) is 25.5 Å². The number of benzene rings is 1. The standard InChI is InChI=1S/C16H21N3O4S/c1-23-8-7-18(10-16(21)22)15(20)9-19-13-6-4-3-5-12(13)17-14(19)11-24-2/h3-6H,7-11H2,1-2H3,(H,21,22). The maximum Gasteiger partial charge on any atom is 0.323 e. The topological polar surface area (TPSA) is 84.7 Å². The smallest absolute Gasteiger partial charge is 0.323 e. The van der Waals surface area contributed by atoms with Crippen LogP contribution in [0.3, 0.4) is 0 Å². The lowest BCUT2D eigenvalue weighted by atomic mass is 10.3. The fourth-order valence-corrected chi connectivity index (χ4v) is 2.91. The first-order valence-electron chi connectivity index (χ1n) is 7.48. The maximum atomic E-state index is 12.6. The van der Waals surface area contributed by atoms with Gasteiger partial charge in [0.05, 0.1) is 23.4 Å². The molecule has 0 atom stereocenters. The molecular formula is C16H21N3O4S. The molecule has 0 aliphatic carbocycles. The molecule has 0 saturated carbocycles. The van der Waals surface area contributed by atoms with E-state index >= 15 is 0 Å². The summed E-state index contributed by atoms with van der Waals surface area (Å²) in [6.45, 7) is 0.258. The highest BCUT2D eigenvalue weighted by Crippen LogP contribution is 2.19. The fourth-order valence-electron chi connectivity index (χ4n) is 2.43. The Hall–Kier alpha value is -2.06. The molecule has 1 heterocycles. The van der Waals surface area contributed by atoms with Gasteiger partial charge in [-0.05, 0) is 18.4 Å². The third-order valence-electron chi connectivity index (χ3n) is 3.54. The van der Waals surface area contributed by atoms with Gasteiger partial charge in [-0.2, -0.15) is 11.8 Å². The Kier molecular flexibility index (Phi) is 6.62. The minimum atomic E-state index is -1.04. The number of amides is 1. The van der Waals surface area contributed by atoms with E-state index < -0.39 is 5.97 Å². The van der Waals surface area contributed by atoms with Crippen molar-refractivity contribution >= 4 is 34.7 Å². The van der Waals surface area contributed by atoms with Gasteiger partial charge in [-0.1, -0.05) is 12.1 Å². The predicted octanol–water partition coefficient (Wildman–Crippen LogP) is 1.46. The van der Waals surface area contributed by atoms with Crippen LogP contribution in [-0.4, -0.2) is 64.5 Å². The van der Waals surface area contributed by atoms with Gasteiger partial charge in [-0.25, -0.2) is 4.98 Å². The normalized spacial score (nSPS) is 10.9. The van der Waals surface area contributed by atoms with Crippen LogP contribution in [0.5, 0.6) is 0 Å². The number of carboxylic acids is 1. The zero-order chi connectivity index (χ0) is 17.5. The van der Waals surface area contributed by atoms with Gasteiger partial charge in [0.25, 0.3) is 0 Å². The predicted molar refractivity (Wildman–Crippen MR) is 93.0 cm³/mol. The highest BCUT2D eigenvalue weighted by atomic mass is 32.2. The summed E-state index contributed by atoms with van der Waals surface area (Å²) in [6, 6.07) is 7.61. The molecule has 8 heteroatoms. The number of aromatic nitrogens is 2. The number of carbonyl (C=O) groups is 2. The summed E-state index contributed by atoms with van der Waals surface area (Å²) in [6.07, 6.45) is 1.97. The van der Waals surface area contributed by atoms with E-state index in [0.717, 1.165) is 16.9 Å². The Bertz CT molecular complexity index is 716. The molecule has 0 unspecified atom stereocenters. The molecule has 0 bridgehead atoms. The molecule has 0 aliphatic heterocycles. The molecule has 2 aromatic rings. The number of thioether (sulfide) groups is 1. The Morgan fingerprint density at radius 3 is 2.79 bits per heavy atom. The Balaban J connectivity index is 2.26. The van der Waals surface area contributed by atoms with Gasteiger partial charge in [-0.3, -0.25) is 9.59 Å². The largest absolute Gasteiger partial charge is 0.480 e. The van der Waals surface area contributed by atoms with Crippen molar-refractivity contribution in [1.29, 1.82) is 0 Å². The van der Waals surface area contributed by atoms with Crippen LogP contribution in [0.2, 0.25) is 0 Å². The Morgan fingerprint density at radius 1 is 1.38 bits per heavy atom. The van der Waals surface area contributed by atoms with Crippen LogP contribution < -0.4 is 0 Å². The third-order valence-corrected chi connectivity index (χ3v) is 4.09. The summed E-state index contributed by atoms with van der Waals surface area (Å²) >= 11 is 1.62. The minimum Gasteiger partial charge on any atom is -0.480 e. The second kappa shape index (κ2) is 8.70. The van der Waals surface area contributed by atoms with Crippen LogP contribution in [0.25, 0.3) is 11.0 Å². The van der Waals surface area contributed by atoms with E-state index in [9.17, 15) is 9.59 Å². The van der Waals surface area contributed by atoms with Crippen LogP contribution >= 0.6 is 11.8 Å². The van der Waals surface area contributed by atoms with Crippen molar-refractivity contribution in [3.8, 4) is 0 Å². The summed E-state index contributed by atoms with van der Waals surface area (Å²) in [5, 5.41) is 9.01. The zero-order valence-corrected chi connectivity index (χ0v) is 14.6. The average molecular weight is 351 g/mol. The molecular weight excluding hydrogens is 330 g/mol. The summed E-state index contributed by atoms with van der Waals surface area (Å²) in [4.78, 5) is 29.5. The number of methoxy groups -OCH3 is 1. The lowest BCUT2D eigenvalue weighted by Gasteiger charge is -2.21. The van der Waals surface area contributed by atoms with E-state index in [1.165, 1.54) is 12.0 Å². The van der Waals surface area contributed by atoms with Gasteiger partial charge in [0.15, 0.2) is 0 Å². The van der Waals surface area contributed by atoms with Crippen molar-refractivity contribution in [2.75, 3.05) is 33.1 Å². The quantitative estimate of drug-likeness (QED) is 0.736. The molecule has 0 aliphatic rings. The molecule has 7 nitrogen and oxygen atoms in total. The number of nitrogens with zero attached hydrogens (tertiary/aromatic N) is 3. The van der Waals surface area contributed by atoms with E-state index in [2.05, 4.69) is 4.98 Å². The van der Waals surface area contributed by atoms with Crippen molar-refractivity contribution < 1.29 is 19.4 Å². The van der Waals surface area contributed by atoms with Crippen molar-refractivity contribution in [2.45, 2.75) is 12.3 Å². The zero-order valence-electron chi connectivity index (χ0n) is 13.8. The molecule has 0 spiro atoms. The van der Waals surface area contributed by atoms with E-state index in [1.807, 2.05) is 35.1 Å². The van der Waals surface area contributed by atoms with Crippen molar-refractivity contribution in [3.05, 3.63) is 30.1 Å². The van der Waals surface area contributed by atoms with Crippen LogP contribution in [0.15, 0.2) is 24.3 Å². The summed E-state index contributed by atoms with van der Waals surface area (Å²) in [5.41, 5.74) is 1.70. The number of hydrogen-bond donors (Lipinski definition) is 1. The summed E-state index contributed by atoms with van der Waals surface area (Å²) in [7, 11) is 1.52. The minimum absolute atomic E-state index is 0.0629. The monoisotopic (exact) mass is 351 g/mol. The maximum absolute atomic E-state index is 12.6. The van der Waals surface area contributed by atoms with E-state index in [4.69, 9.17) is 9.84 Å². The van der Waals surface area contributed by atoms with Gasteiger partial charge >= 0.3 is 5.97 Å². The van der Waals surface area contributed by atoms with Gasteiger partial charge < -0.3 is 19.3 Å². The van der Waals surface area contributed by atoms with Crippen LogP contribution in [0.4, 0.5) is 0 Å². The first kappa shape index (κ1) is 18.3. The number of carbonyl (C=O) groups excluding carboxylic acids is 1. The molecule has 1 N–H and O–H groups in total. The lowest BCUT2D eigenvalue weighted by molar-refractivity contribution is -0.145. The van der Waals surface area contributed by atoms with Crippen molar-refractivity contribution in [2.24, 2.45) is 0 Å². The molecule has 1 amide bonds. The number of hydrogen-bond acceptors (Lipinski definition) is 5. The molecule has 130 valence electrons. The average Bonchev–Trinajstić information content (AvgIpc) is 2.89. The number of carboxylic acid groups (broad SMARTS) is 1. The van der Waals surface area contributed by atoms with Gasteiger partial charge in [0, 0.05) is 13.7 Å². The molecule has 1 aromatic heterocycles. The molecule has 2 rings (SSSR count). The third kappa shape index (κ3) is 4.48. The Morgan fingerprint density at radius 2 is 2.12 bits per heavy atom. The van der Waals surface area contributed by atoms with Crippen LogP contribution in [0, 0.1) is 0 Å². The van der Waals surface area contributed by atoms with Crippen LogP contribution in [0.1, 0.15) is 5.82 Å². The SMILES string of the molecule is COCCN(CC(=O)O)C(=O)Cn1c(CSC)nc2ccccc21. The molecule has 0 fully saturated rings. The highest BCUT2D eigenvalue weighted by molar-refractivity contribution is 7.97. The Labute approximate surface area is 144 Å². The number of fused-ring (bicyclic) bond motifs is 1. The fraction of sp³-hybridized carbons (Fsp3) is 0.438. The second-order valence-corrected chi connectivity index (χ2v) is 6.10. The lowest BCUT2D eigenvalue weighted by Crippen LogP contribution is -2.40. The number of para-hydroxylation sites is 2. The van der Waals surface area contributed by atoms with E-state index in [1.54, 1.807) is 11.8 Å². The number of rotatable bonds is 9. The molecule has 24 heavy (non-hydrogen) atoms.